The summed E-state index contributed by atoms with van der Waals surface area (Å²) < 4.78 is 0. The van der Waals surface area contributed by atoms with Crippen molar-refractivity contribution in [1.29, 1.82) is 0 Å². The van der Waals surface area contributed by atoms with Crippen molar-refractivity contribution in [2.24, 2.45) is 5.92 Å². The Morgan fingerprint density at radius 3 is 2.00 bits per heavy atom. The van der Waals surface area contributed by atoms with Crippen molar-refractivity contribution >= 4 is 0 Å². The van der Waals surface area contributed by atoms with Crippen molar-refractivity contribution < 1.29 is 9.68 Å². The van der Waals surface area contributed by atoms with Gasteiger partial charge in [0.15, 0.2) is 0 Å². The Labute approximate surface area is 105 Å². The fraction of sp³-hybridized carbons (Fsp3) is 0.857. The molecule has 1 saturated carbocycles. The molecule has 17 heavy (non-hydrogen) atoms. The lowest BCUT2D eigenvalue weighted by molar-refractivity contribution is -0.293. The number of hydrogen-bond donors (Lipinski definition) is 0. The average Bonchev–Trinajstić information content (AvgIpc) is 2.39. The molecule has 0 amide bonds. The molecule has 0 spiro atoms. The smallest absolute Gasteiger partial charge is 0.124 e. The molecule has 98 valence electrons. The molecule has 3 nitrogen and oxygen atoms in total. The monoisotopic (exact) mass is 239 g/mol. The number of hydrogen-bond acceptors (Lipinski definition) is 3. The largest absolute Gasteiger partial charge is 0.240 e. The van der Waals surface area contributed by atoms with Crippen LogP contribution in [-0.2, 0) is 9.68 Å². The molecular formula is C14H25NO2. The van der Waals surface area contributed by atoms with Gasteiger partial charge in [0.05, 0.1) is 6.20 Å². The van der Waals surface area contributed by atoms with Crippen LogP contribution in [0, 0.1) is 5.92 Å². The quantitative estimate of drug-likeness (QED) is 0.694. The van der Waals surface area contributed by atoms with E-state index in [-0.39, 0.29) is 11.2 Å². The topological polar surface area (TPSA) is 21.7 Å². The Balaban J connectivity index is 2.00. The molecule has 2 fully saturated rings. The van der Waals surface area contributed by atoms with Gasteiger partial charge >= 0.3 is 0 Å². The number of hydroxylamine groups is 2. The number of rotatable bonds is 1. The van der Waals surface area contributed by atoms with Gasteiger partial charge in [-0.25, -0.2) is 9.68 Å². The Morgan fingerprint density at radius 2 is 1.53 bits per heavy atom. The first-order valence-electron chi connectivity index (χ1n) is 6.67. The highest BCUT2D eigenvalue weighted by molar-refractivity contribution is 5.04. The predicted octanol–water partition coefficient (Wildman–Crippen LogP) is 3.82. The van der Waals surface area contributed by atoms with Gasteiger partial charge in [0, 0.05) is 0 Å². The van der Waals surface area contributed by atoms with Gasteiger partial charge in [0.1, 0.15) is 11.2 Å². The van der Waals surface area contributed by atoms with Crippen LogP contribution in [0.2, 0.25) is 0 Å². The van der Waals surface area contributed by atoms with Crippen molar-refractivity contribution in [2.45, 2.75) is 71.5 Å². The molecule has 1 aliphatic heterocycles. The molecular weight excluding hydrogens is 214 g/mol. The lowest BCUT2D eigenvalue weighted by Gasteiger charge is -2.26. The van der Waals surface area contributed by atoms with Gasteiger partial charge in [-0.1, -0.05) is 6.92 Å². The summed E-state index contributed by atoms with van der Waals surface area (Å²) in [6, 6.07) is 0. The third kappa shape index (κ3) is 2.66. The molecule has 2 aliphatic rings. The van der Waals surface area contributed by atoms with Crippen molar-refractivity contribution in [1.82, 2.24) is 5.23 Å². The van der Waals surface area contributed by atoms with Crippen LogP contribution >= 0.6 is 0 Å². The zero-order valence-corrected chi connectivity index (χ0v) is 11.7. The van der Waals surface area contributed by atoms with E-state index in [1.807, 2.05) is 6.20 Å². The zero-order chi connectivity index (χ0) is 12.7. The fourth-order valence-corrected chi connectivity index (χ4v) is 2.15. The molecule has 1 saturated heterocycles. The van der Waals surface area contributed by atoms with Crippen molar-refractivity contribution in [3.05, 3.63) is 11.8 Å². The highest BCUT2D eigenvalue weighted by atomic mass is 17.0. The Kier molecular flexibility index (Phi) is 3.25. The van der Waals surface area contributed by atoms with Crippen LogP contribution in [0.4, 0.5) is 0 Å². The predicted molar refractivity (Wildman–Crippen MR) is 67.9 cm³/mol. The molecule has 0 radical (unpaired) electrons. The first-order valence-corrected chi connectivity index (χ1v) is 6.67. The van der Waals surface area contributed by atoms with Crippen LogP contribution in [0.15, 0.2) is 11.8 Å². The molecule has 0 aromatic carbocycles. The van der Waals surface area contributed by atoms with Gasteiger partial charge in [0.25, 0.3) is 0 Å². The Hall–Kier alpha value is -0.540. The lowest BCUT2D eigenvalue weighted by Crippen LogP contribution is -2.41. The maximum atomic E-state index is 5.83. The van der Waals surface area contributed by atoms with E-state index in [4.69, 9.17) is 9.68 Å². The fourth-order valence-electron chi connectivity index (χ4n) is 2.15. The molecule has 2 rings (SSSR count). The minimum atomic E-state index is -0.286. The van der Waals surface area contributed by atoms with Crippen molar-refractivity contribution in [3.8, 4) is 0 Å². The summed E-state index contributed by atoms with van der Waals surface area (Å²) in [5.41, 5.74) is 0.870. The van der Waals surface area contributed by atoms with Gasteiger partial charge in [-0.15, -0.1) is 5.23 Å². The molecule has 0 aromatic heterocycles. The SMILES string of the molecule is CC1CCC(=CN2OC(C)(C)C(C)(C)O2)CC1. The minimum Gasteiger partial charge on any atom is -0.240 e. The standard InChI is InChI=1S/C14H25NO2/c1-11-6-8-12(9-7-11)10-15-16-13(2,3)14(4,5)17-15/h10-11H,6-9H2,1-5H3. The molecule has 0 atom stereocenters. The summed E-state index contributed by atoms with van der Waals surface area (Å²) >= 11 is 0. The zero-order valence-electron chi connectivity index (χ0n) is 11.7. The third-order valence-corrected chi connectivity index (χ3v) is 4.29. The van der Waals surface area contributed by atoms with Gasteiger partial charge in [-0.3, -0.25) is 0 Å². The van der Waals surface area contributed by atoms with Crippen molar-refractivity contribution in [2.75, 3.05) is 0 Å². The molecule has 0 aromatic rings. The first-order chi connectivity index (χ1) is 7.80. The highest BCUT2D eigenvalue weighted by Gasteiger charge is 2.49. The Bertz CT molecular complexity index is 294. The molecule has 0 N–H and O–H groups in total. The van der Waals surface area contributed by atoms with Crippen LogP contribution in [0.3, 0.4) is 0 Å². The molecule has 0 unspecified atom stereocenters. The molecule has 1 aliphatic carbocycles. The number of allylic oxidation sites excluding steroid dienone is 1. The second kappa shape index (κ2) is 4.29. The molecule has 1 heterocycles. The molecule has 0 bridgehead atoms. The van der Waals surface area contributed by atoms with Gasteiger partial charge in [0.2, 0.25) is 0 Å². The van der Waals surface area contributed by atoms with Gasteiger partial charge < -0.3 is 0 Å². The van der Waals surface area contributed by atoms with Crippen LogP contribution in [0.25, 0.3) is 0 Å². The summed E-state index contributed by atoms with van der Waals surface area (Å²) in [7, 11) is 0. The van der Waals surface area contributed by atoms with Crippen molar-refractivity contribution in [3.63, 3.8) is 0 Å². The van der Waals surface area contributed by atoms with Crippen LogP contribution < -0.4 is 0 Å². The number of nitrogens with zero attached hydrogens (tertiary/aromatic N) is 1. The summed E-state index contributed by atoms with van der Waals surface area (Å²) in [4.78, 5) is 11.7. The van der Waals surface area contributed by atoms with E-state index in [2.05, 4.69) is 34.6 Å². The second-order valence-corrected chi connectivity index (χ2v) is 6.46. The maximum Gasteiger partial charge on any atom is 0.124 e. The van der Waals surface area contributed by atoms with E-state index in [0.717, 1.165) is 5.92 Å². The maximum absolute atomic E-state index is 5.83. The van der Waals surface area contributed by atoms with Crippen LogP contribution in [0.5, 0.6) is 0 Å². The van der Waals surface area contributed by atoms with E-state index >= 15 is 0 Å². The van der Waals surface area contributed by atoms with Crippen LogP contribution in [-0.4, -0.2) is 16.4 Å². The van der Waals surface area contributed by atoms with Gasteiger partial charge in [-0.05, 0) is 64.9 Å². The van der Waals surface area contributed by atoms with E-state index in [0.29, 0.717) is 0 Å². The van der Waals surface area contributed by atoms with E-state index in [1.165, 1.54) is 31.3 Å². The Morgan fingerprint density at radius 1 is 1.06 bits per heavy atom. The summed E-state index contributed by atoms with van der Waals surface area (Å²) in [5.74, 6) is 0.862. The van der Waals surface area contributed by atoms with Gasteiger partial charge in [-0.2, -0.15) is 0 Å². The summed E-state index contributed by atoms with van der Waals surface area (Å²) in [5, 5.41) is 1.57. The normalized spacial score (nSPS) is 31.7. The highest BCUT2D eigenvalue weighted by Crippen LogP contribution is 2.38. The van der Waals surface area contributed by atoms with E-state index in [1.54, 1.807) is 5.23 Å². The average molecular weight is 239 g/mol. The second-order valence-electron chi connectivity index (χ2n) is 6.46. The third-order valence-electron chi connectivity index (χ3n) is 4.29. The summed E-state index contributed by atoms with van der Waals surface area (Å²) in [6.45, 7) is 10.6. The molecule has 3 heteroatoms. The first kappa shape index (κ1) is 12.9. The van der Waals surface area contributed by atoms with E-state index in [9.17, 15) is 0 Å². The lowest BCUT2D eigenvalue weighted by atomic mass is 9.88. The van der Waals surface area contributed by atoms with E-state index < -0.39 is 0 Å². The minimum absolute atomic E-state index is 0.286. The van der Waals surface area contributed by atoms with Crippen LogP contribution in [0.1, 0.15) is 60.3 Å². The summed E-state index contributed by atoms with van der Waals surface area (Å²) in [6.07, 6.45) is 6.96.